The van der Waals surface area contributed by atoms with E-state index in [-0.39, 0.29) is 5.75 Å². The standard InChI is InChI=1S/C26H20FN7O/c1-34(2)17-6-15(11-28-12-17)22-10-21-24(13-30-22)32-33-25(21)23-9-20-19(3-4-29-26(20)31-23)14-5-16(27)8-18(35)7-14/h3-13,35H,1-2H3,(H,29,31)(H,32,33). The summed E-state index contributed by atoms with van der Waals surface area (Å²) in [6, 6.07) is 11.7. The monoisotopic (exact) mass is 465 g/mol. The van der Waals surface area contributed by atoms with Crippen molar-refractivity contribution in [1.29, 1.82) is 0 Å². The molecule has 0 spiro atoms. The highest BCUT2D eigenvalue weighted by molar-refractivity contribution is 6.00. The second-order valence-electron chi connectivity index (χ2n) is 8.52. The van der Waals surface area contributed by atoms with E-state index in [1.54, 1.807) is 30.9 Å². The molecule has 0 radical (unpaired) electrons. The number of hydrogen-bond donors (Lipinski definition) is 3. The highest BCUT2D eigenvalue weighted by atomic mass is 19.1. The van der Waals surface area contributed by atoms with Crippen LogP contribution in [0, 0.1) is 5.82 Å². The second kappa shape index (κ2) is 7.91. The Kier molecular flexibility index (Phi) is 4.70. The number of H-pyrrole nitrogens is 2. The zero-order chi connectivity index (χ0) is 24.1. The number of aromatic hydroxyl groups is 1. The summed E-state index contributed by atoms with van der Waals surface area (Å²) in [5.74, 6) is -0.640. The van der Waals surface area contributed by atoms with Crippen LogP contribution in [0.25, 0.3) is 55.7 Å². The Labute approximate surface area is 199 Å². The molecule has 0 aliphatic carbocycles. The quantitative estimate of drug-likeness (QED) is 0.333. The normalized spacial score (nSPS) is 11.4. The lowest BCUT2D eigenvalue weighted by atomic mass is 10.0. The van der Waals surface area contributed by atoms with Crippen molar-refractivity contribution in [2.75, 3.05) is 19.0 Å². The molecular weight excluding hydrogens is 445 g/mol. The average Bonchev–Trinajstić information content (AvgIpc) is 3.47. The van der Waals surface area contributed by atoms with E-state index < -0.39 is 5.82 Å². The van der Waals surface area contributed by atoms with E-state index in [0.717, 1.165) is 50.6 Å². The first-order chi connectivity index (χ1) is 17.0. The van der Waals surface area contributed by atoms with Crippen LogP contribution in [0.1, 0.15) is 0 Å². The Balaban J connectivity index is 1.48. The molecule has 1 aromatic carbocycles. The van der Waals surface area contributed by atoms with Crippen molar-refractivity contribution in [3.63, 3.8) is 0 Å². The molecule has 0 saturated heterocycles. The molecule has 0 aliphatic heterocycles. The van der Waals surface area contributed by atoms with Gasteiger partial charge in [0.15, 0.2) is 0 Å². The summed E-state index contributed by atoms with van der Waals surface area (Å²) >= 11 is 0. The summed E-state index contributed by atoms with van der Waals surface area (Å²) in [5.41, 5.74) is 6.87. The Morgan fingerprint density at radius 2 is 1.80 bits per heavy atom. The largest absolute Gasteiger partial charge is 0.508 e. The van der Waals surface area contributed by atoms with E-state index in [2.05, 4.69) is 30.1 Å². The third-order valence-corrected chi connectivity index (χ3v) is 5.96. The van der Waals surface area contributed by atoms with Crippen molar-refractivity contribution in [1.82, 2.24) is 30.1 Å². The third kappa shape index (κ3) is 3.63. The fourth-order valence-corrected chi connectivity index (χ4v) is 4.23. The smallest absolute Gasteiger partial charge is 0.138 e. The number of nitrogens with zero attached hydrogens (tertiary/aromatic N) is 5. The minimum atomic E-state index is -0.508. The topological polar surface area (TPSA) is 107 Å². The number of pyridine rings is 3. The minimum Gasteiger partial charge on any atom is -0.508 e. The van der Waals surface area contributed by atoms with Gasteiger partial charge in [-0.15, -0.1) is 0 Å². The van der Waals surface area contributed by atoms with Gasteiger partial charge in [0.2, 0.25) is 0 Å². The van der Waals surface area contributed by atoms with Gasteiger partial charge < -0.3 is 15.0 Å². The van der Waals surface area contributed by atoms with Crippen LogP contribution in [0.4, 0.5) is 10.1 Å². The van der Waals surface area contributed by atoms with Gasteiger partial charge in [-0.3, -0.25) is 15.1 Å². The van der Waals surface area contributed by atoms with Crippen molar-refractivity contribution < 1.29 is 9.50 Å². The molecule has 6 aromatic rings. The van der Waals surface area contributed by atoms with Gasteiger partial charge in [-0.2, -0.15) is 5.10 Å². The lowest BCUT2D eigenvalue weighted by molar-refractivity contribution is 0.469. The number of aromatic amines is 2. The molecule has 5 heterocycles. The van der Waals surface area contributed by atoms with Gasteiger partial charge in [0.25, 0.3) is 0 Å². The summed E-state index contributed by atoms with van der Waals surface area (Å²) in [5, 5.41) is 19.1. The van der Waals surface area contributed by atoms with E-state index in [9.17, 15) is 9.50 Å². The predicted octanol–water partition coefficient (Wildman–Crippen LogP) is 5.14. The van der Waals surface area contributed by atoms with E-state index >= 15 is 0 Å². The third-order valence-electron chi connectivity index (χ3n) is 5.96. The van der Waals surface area contributed by atoms with E-state index in [4.69, 9.17) is 0 Å². The van der Waals surface area contributed by atoms with Crippen molar-refractivity contribution >= 4 is 27.6 Å². The number of anilines is 1. The summed E-state index contributed by atoms with van der Waals surface area (Å²) in [4.78, 5) is 18.7. The maximum atomic E-state index is 14.0. The number of nitrogens with one attached hydrogen (secondary N) is 2. The molecule has 0 amide bonds. The maximum Gasteiger partial charge on any atom is 0.138 e. The van der Waals surface area contributed by atoms with Crippen LogP contribution in [0.2, 0.25) is 0 Å². The first-order valence-electron chi connectivity index (χ1n) is 10.9. The highest BCUT2D eigenvalue weighted by Gasteiger charge is 2.16. The Morgan fingerprint density at radius 1 is 0.914 bits per heavy atom. The van der Waals surface area contributed by atoms with E-state index in [0.29, 0.717) is 16.9 Å². The van der Waals surface area contributed by atoms with Crippen LogP contribution in [0.3, 0.4) is 0 Å². The van der Waals surface area contributed by atoms with Gasteiger partial charge in [-0.1, -0.05) is 0 Å². The van der Waals surface area contributed by atoms with Crippen molar-refractivity contribution in [2.24, 2.45) is 0 Å². The Bertz CT molecular complexity index is 1700. The van der Waals surface area contributed by atoms with Crippen molar-refractivity contribution in [3.8, 4) is 39.5 Å². The fraction of sp³-hybridized carbons (Fsp3) is 0.0769. The second-order valence-corrected chi connectivity index (χ2v) is 8.52. The summed E-state index contributed by atoms with van der Waals surface area (Å²) in [6.45, 7) is 0. The van der Waals surface area contributed by atoms with Gasteiger partial charge in [0.1, 0.15) is 22.9 Å². The van der Waals surface area contributed by atoms with E-state index in [1.165, 1.54) is 12.1 Å². The van der Waals surface area contributed by atoms with Crippen molar-refractivity contribution in [2.45, 2.75) is 0 Å². The molecule has 8 nitrogen and oxygen atoms in total. The number of benzene rings is 1. The minimum absolute atomic E-state index is 0.133. The molecule has 172 valence electrons. The van der Waals surface area contributed by atoms with Gasteiger partial charge >= 0.3 is 0 Å². The summed E-state index contributed by atoms with van der Waals surface area (Å²) in [7, 11) is 3.93. The van der Waals surface area contributed by atoms with E-state index in [1.807, 2.05) is 37.2 Å². The molecular formula is C26H20FN7O. The number of phenols is 1. The molecule has 0 aliphatic rings. The van der Waals surface area contributed by atoms with Crippen LogP contribution >= 0.6 is 0 Å². The van der Waals surface area contributed by atoms with Gasteiger partial charge in [0, 0.05) is 48.9 Å². The number of halogens is 1. The maximum absolute atomic E-state index is 14.0. The van der Waals surface area contributed by atoms with Crippen LogP contribution in [-0.4, -0.2) is 49.3 Å². The van der Waals surface area contributed by atoms with Crippen LogP contribution in [0.15, 0.2) is 67.3 Å². The van der Waals surface area contributed by atoms with Crippen LogP contribution < -0.4 is 4.90 Å². The zero-order valence-electron chi connectivity index (χ0n) is 18.9. The number of fused-ring (bicyclic) bond motifs is 2. The molecule has 0 atom stereocenters. The lowest BCUT2D eigenvalue weighted by Gasteiger charge is -2.12. The van der Waals surface area contributed by atoms with Crippen molar-refractivity contribution in [3.05, 3.63) is 73.1 Å². The predicted molar refractivity (Wildman–Crippen MR) is 134 cm³/mol. The first kappa shape index (κ1) is 20.8. The molecule has 0 bridgehead atoms. The first-order valence-corrected chi connectivity index (χ1v) is 10.9. The summed E-state index contributed by atoms with van der Waals surface area (Å²) < 4.78 is 14.0. The van der Waals surface area contributed by atoms with Gasteiger partial charge in [-0.25, -0.2) is 9.37 Å². The molecule has 0 saturated carbocycles. The lowest BCUT2D eigenvalue weighted by Crippen LogP contribution is -2.08. The SMILES string of the molecule is CN(C)c1cncc(-c2cc3c(-c4cc5c(-c6cc(O)cc(F)c6)ccnc5[nH]4)n[nH]c3cn2)c1. The molecule has 3 N–H and O–H groups in total. The molecule has 0 fully saturated rings. The number of phenolic OH excluding ortho intramolecular Hbond substituents is 1. The van der Waals surface area contributed by atoms with Gasteiger partial charge in [0.05, 0.1) is 35.0 Å². The molecule has 6 rings (SSSR count). The van der Waals surface area contributed by atoms with Crippen LogP contribution in [0.5, 0.6) is 5.75 Å². The molecule has 35 heavy (non-hydrogen) atoms. The Morgan fingerprint density at radius 3 is 2.63 bits per heavy atom. The molecule has 0 unspecified atom stereocenters. The number of aromatic nitrogens is 6. The summed E-state index contributed by atoms with van der Waals surface area (Å²) in [6.07, 6.45) is 6.99. The average molecular weight is 465 g/mol. The zero-order valence-corrected chi connectivity index (χ0v) is 18.9. The highest BCUT2D eigenvalue weighted by Crippen LogP contribution is 2.35. The molecule has 5 aromatic heterocycles. The Hall–Kier alpha value is -4.79. The number of hydrogen-bond acceptors (Lipinski definition) is 6. The van der Waals surface area contributed by atoms with Gasteiger partial charge in [-0.05, 0) is 47.5 Å². The molecule has 9 heteroatoms. The fourth-order valence-electron chi connectivity index (χ4n) is 4.23. The van der Waals surface area contributed by atoms with Crippen LogP contribution in [-0.2, 0) is 0 Å². The number of rotatable bonds is 4.